The lowest BCUT2D eigenvalue weighted by molar-refractivity contribution is -0.130. The van der Waals surface area contributed by atoms with Gasteiger partial charge in [0.1, 0.15) is 0 Å². The molecule has 0 aromatic heterocycles. The first-order valence-electron chi connectivity index (χ1n) is 6.21. The summed E-state index contributed by atoms with van der Waals surface area (Å²) in [7, 11) is 3.60. The quantitative estimate of drug-likeness (QED) is 0.673. The van der Waals surface area contributed by atoms with E-state index in [0.717, 1.165) is 25.8 Å². The van der Waals surface area contributed by atoms with Crippen LogP contribution in [0.25, 0.3) is 0 Å². The average molecular weight is 229 g/mol. The number of carbonyl (C=O) groups is 1. The fourth-order valence-electron chi connectivity index (χ4n) is 1.83. The van der Waals surface area contributed by atoms with Gasteiger partial charge in [0, 0.05) is 20.1 Å². The summed E-state index contributed by atoms with van der Waals surface area (Å²) in [5.41, 5.74) is 5.61. The molecule has 4 nitrogen and oxygen atoms in total. The molecule has 0 heterocycles. The molecule has 0 aromatic rings. The van der Waals surface area contributed by atoms with E-state index in [2.05, 4.69) is 18.7 Å². The van der Waals surface area contributed by atoms with Crippen molar-refractivity contribution in [2.45, 2.75) is 39.2 Å². The van der Waals surface area contributed by atoms with Crippen LogP contribution in [0.3, 0.4) is 0 Å². The lowest BCUT2D eigenvalue weighted by Gasteiger charge is -2.30. The van der Waals surface area contributed by atoms with Gasteiger partial charge in [-0.1, -0.05) is 13.8 Å². The molecule has 0 fully saturated rings. The monoisotopic (exact) mass is 229 g/mol. The van der Waals surface area contributed by atoms with Crippen LogP contribution in [0.2, 0.25) is 0 Å². The maximum Gasteiger partial charge on any atom is 0.236 e. The summed E-state index contributed by atoms with van der Waals surface area (Å²) in [6.45, 7) is 6.47. The molecule has 1 unspecified atom stereocenters. The highest BCUT2D eigenvalue weighted by Crippen LogP contribution is 2.09. The van der Waals surface area contributed by atoms with Gasteiger partial charge in [-0.25, -0.2) is 0 Å². The molecule has 0 rings (SSSR count). The number of hydrogen-bond donors (Lipinski definition) is 1. The molecule has 0 spiro atoms. The second-order valence-electron chi connectivity index (χ2n) is 4.40. The van der Waals surface area contributed by atoms with Crippen molar-refractivity contribution >= 4 is 5.91 Å². The Morgan fingerprint density at radius 1 is 1.31 bits per heavy atom. The van der Waals surface area contributed by atoms with Crippen LogP contribution in [0.5, 0.6) is 0 Å². The van der Waals surface area contributed by atoms with E-state index in [-0.39, 0.29) is 5.91 Å². The third kappa shape index (κ3) is 5.47. The Morgan fingerprint density at radius 2 is 1.94 bits per heavy atom. The van der Waals surface area contributed by atoms with Crippen LogP contribution >= 0.6 is 0 Å². The zero-order chi connectivity index (χ0) is 12.6. The first kappa shape index (κ1) is 15.4. The van der Waals surface area contributed by atoms with Gasteiger partial charge < -0.3 is 10.6 Å². The minimum atomic E-state index is 0.170. The molecule has 1 atom stereocenters. The first-order chi connectivity index (χ1) is 7.56. The molecule has 1 amide bonds. The predicted molar refractivity (Wildman–Crippen MR) is 68.3 cm³/mol. The summed E-state index contributed by atoms with van der Waals surface area (Å²) < 4.78 is 0. The van der Waals surface area contributed by atoms with Gasteiger partial charge in [-0.15, -0.1) is 0 Å². The minimum Gasteiger partial charge on any atom is -0.348 e. The molecule has 0 saturated heterocycles. The third-order valence-corrected chi connectivity index (χ3v) is 2.84. The number of hydrogen-bond acceptors (Lipinski definition) is 3. The molecule has 0 saturated carbocycles. The number of nitrogens with zero attached hydrogens (tertiary/aromatic N) is 2. The number of amides is 1. The van der Waals surface area contributed by atoms with Gasteiger partial charge in [-0.2, -0.15) is 0 Å². The molecular weight excluding hydrogens is 202 g/mol. The summed E-state index contributed by atoms with van der Waals surface area (Å²) in [4.78, 5) is 15.6. The average Bonchev–Trinajstić information content (AvgIpc) is 2.25. The van der Waals surface area contributed by atoms with Crippen molar-refractivity contribution in [1.82, 2.24) is 9.80 Å². The van der Waals surface area contributed by atoms with Crippen LogP contribution in [-0.2, 0) is 4.79 Å². The molecule has 4 heteroatoms. The summed E-state index contributed by atoms with van der Waals surface area (Å²) in [5, 5.41) is 0. The Bertz CT molecular complexity index is 195. The van der Waals surface area contributed by atoms with Crippen molar-refractivity contribution in [3.8, 4) is 0 Å². The number of carbonyl (C=O) groups excluding carboxylic acids is 1. The maximum atomic E-state index is 11.7. The van der Waals surface area contributed by atoms with Crippen molar-refractivity contribution in [1.29, 1.82) is 0 Å². The standard InChI is InChI=1S/C12H27N3O/c1-5-9-15(10-12(16)14(3)4)11(6-2)7-8-13/h11H,5-10,13H2,1-4H3. The van der Waals surface area contributed by atoms with Crippen molar-refractivity contribution in [3.05, 3.63) is 0 Å². The Morgan fingerprint density at radius 3 is 2.31 bits per heavy atom. The summed E-state index contributed by atoms with van der Waals surface area (Å²) in [6, 6.07) is 0.439. The molecule has 0 aliphatic rings. The molecule has 16 heavy (non-hydrogen) atoms. The zero-order valence-electron chi connectivity index (χ0n) is 11.2. The normalized spacial score (nSPS) is 12.9. The SMILES string of the molecule is CCCN(CC(=O)N(C)C)C(CC)CCN. The fourth-order valence-corrected chi connectivity index (χ4v) is 1.83. The van der Waals surface area contributed by atoms with E-state index >= 15 is 0 Å². The van der Waals surface area contributed by atoms with Gasteiger partial charge in [0.05, 0.1) is 6.54 Å². The van der Waals surface area contributed by atoms with Crippen LogP contribution in [0, 0.1) is 0 Å². The van der Waals surface area contributed by atoms with Gasteiger partial charge >= 0.3 is 0 Å². The van der Waals surface area contributed by atoms with Crippen molar-refractivity contribution < 1.29 is 4.79 Å². The topological polar surface area (TPSA) is 49.6 Å². The van der Waals surface area contributed by atoms with E-state index in [9.17, 15) is 4.79 Å². The minimum absolute atomic E-state index is 0.170. The fraction of sp³-hybridized carbons (Fsp3) is 0.917. The predicted octanol–water partition coefficient (Wildman–Crippen LogP) is 0.914. The first-order valence-corrected chi connectivity index (χ1v) is 6.21. The van der Waals surface area contributed by atoms with Crippen molar-refractivity contribution in [3.63, 3.8) is 0 Å². The molecule has 0 bridgehead atoms. The number of rotatable bonds is 8. The highest BCUT2D eigenvalue weighted by Gasteiger charge is 2.18. The molecule has 0 aromatic carbocycles. The van der Waals surface area contributed by atoms with Gasteiger partial charge in [0.25, 0.3) is 0 Å². The molecule has 0 radical (unpaired) electrons. The Balaban J connectivity index is 4.38. The highest BCUT2D eigenvalue weighted by atomic mass is 16.2. The molecule has 0 aliphatic heterocycles. The number of likely N-dealkylation sites (N-methyl/N-ethyl adjacent to an activating group) is 1. The van der Waals surface area contributed by atoms with E-state index in [1.54, 1.807) is 19.0 Å². The van der Waals surface area contributed by atoms with E-state index < -0.39 is 0 Å². The lowest BCUT2D eigenvalue weighted by Crippen LogP contribution is -2.43. The zero-order valence-corrected chi connectivity index (χ0v) is 11.2. The highest BCUT2D eigenvalue weighted by molar-refractivity contribution is 5.77. The maximum absolute atomic E-state index is 11.7. The Hall–Kier alpha value is -0.610. The van der Waals surface area contributed by atoms with Gasteiger partial charge in [-0.05, 0) is 32.4 Å². The van der Waals surface area contributed by atoms with Crippen LogP contribution in [0.4, 0.5) is 0 Å². The summed E-state index contributed by atoms with van der Waals surface area (Å²) in [5.74, 6) is 0.170. The largest absolute Gasteiger partial charge is 0.348 e. The van der Waals surface area contributed by atoms with Crippen molar-refractivity contribution in [2.75, 3.05) is 33.7 Å². The number of nitrogens with two attached hydrogens (primary N) is 1. The van der Waals surface area contributed by atoms with E-state index in [4.69, 9.17) is 5.73 Å². The van der Waals surface area contributed by atoms with Gasteiger partial charge in [-0.3, -0.25) is 9.69 Å². The molecule has 0 aliphatic carbocycles. The van der Waals surface area contributed by atoms with E-state index in [1.165, 1.54) is 0 Å². The van der Waals surface area contributed by atoms with E-state index in [1.807, 2.05) is 0 Å². The van der Waals surface area contributed by atoms with Crippen LogP contribution in [-0.4, -0.2) is 55.5 Å². The van der Waals surface area contributed by atoms with Gasteiger partial charge in [0.2, 0.25) is 5.91 Å². The molecular formula is C12H27N3O. The van der Waals surface area contributed by atoms with Crippen molar-refractivity contribution in [2.24, 2.45) is 5.73 Å². The Labute approximate surface area is 99.8 Å². The third-order valence-electron chi connectivity index (χ3n) is 2.84. The molecule has 2 N–H and O–H groups in total. The second kappa shape index (κ2) is 8.53. The van der Waals surface area contributed by atoms with Gasteiger partial charge in [0.15, 0.2) is 0 Å². The van der Waals surface area contributed by atoms with Crippen LogP contribution in [0.15, 0.2) is 0 Å². The summed E-state index contributed by atoms with van der Waals surface area (Å²) >= 11 is 0. The van der Waals surface area contributed by atoms with Crippen LogP contribution < -0.4 is 5.73 Å². The Kier molecular flexibility index (Phi) is 8.21. The molecule has 96 valence electrons. The summed E-state index contributed by atoms with van der Waals surface area (Å²) in [6.07, 6.45) is 3.09. The van der Waals surface area contributed by atoms with Crippen LogP contribution in [0.1, 0.15) is 33.1 Å². The van der Waals surface area contributed by atoms with E-state index in [0.29, 0.717) is 19.1 Å². The lowest BCUT2D eigenvalue weighted by atomic mass is 10.1. The second-order valence-corrected chi connectivity index (χ2v) is 4.40. The smallest absolute Gasteiger partial charge is 0.236 e.